The topological polar surface area (TPSA) is 22.1 Å². The largest absolute Gasteiger partial charge is 0.493 e. The summed E-state index contributed by atoms with van der Waals surface area (Å²) in [5.41, 5.74) is -0.341. The van der Waals surface area contributed by atoms with Gasteiger partial charge in [0.25, 0.3) is 6.43 Å². The van der Waals surface area contributed by atoms with Crippen LogP contribution >= 0.6 is 15.9 Å². The second-order valence-electron chi connectivity index (χ2n) is 2.01. The smallest absolute Gasteiger partial charge is 0.284 e. The van der Waals surface area contributed by atoms with E-state index in [1.54, 1.807) is 6.07 Å². The second kappa shape index (κ2) is 3.80. The average Bonchev–Trinajstić information content (AvgIpc) is 2.03. The van der Waals surface area contributed by atoms with E-state index in [2.05, 4.69) is 20.9 Å². The van der Waals surface area contributed by atoms with Crippen molar-refractivity contribution in [2.75, 3.05) is 7.11 Å². The van der Waals surface area contributed by atoms with Crippen molar-refractivity contribution in [1.29, 1.82) is 0 Å². The fourth-order valence-corrected chi connectivity index (χ4v) is 1.28. The van der Waals surface area contributed by atoms with Gasteiger partial charge >= 0.3 is 0 Å². The molecule has 0 amide bonds. The summed E-state index contributed by atoms with van der Waals surface area (Å²) in [6, 6.07) is 1.55. The van der Waals surface area contributed by atoms with E-state index in [0.717, 1.165) is 0 Å². The summed E-state index contributed by atoms with van der Waals surface area (Å²) in [7, 11) is 1.33. The SMILES string of the molecule is COc1c(Br)ccnc1C(F)F. The van der Waals surface area contributed by atoms with Crippen molar-refractivity contribution >= 4 is 15.9 Å². The van der Waals surface area contributed by atoms with Gasteiger partial charge in [-0.15, -0.1) is 0 Å². The van der Waals surface area contributed by atoms with E-state index in [1.165, 1.54) is 13.3 Å². The monoisotopic (exact) mass is 237 g/mol. The van der Waals surface area contributed by atoms with E-state index in [-0.39, 0.29) is 11.4 Å². The van der Waals surface area contributed by atoms with Crippen molar-refractivity contribution < 1.29 is 13.5 Å². The maximum Gasteiger partial charge on any atom is 0.284 e. The molecule has 0 N–H and O–H groups in total. The van der Waals surface area contributed by atoms with Crippen molar-refractivity contribution in [2.24, 2.45) is 0 Å². The van der Waals surface area contributed by atoms with Crippen LogP contribution in [0.2, 0.25) is 0 Å². The Morgan fingerprint density at radius 3 is 2.67 bits per heavy atom. The molecule has 0 saturated carbocycles. The number of hydrogen-bond donors (Lipinski definition) is 0. The molecule has 1 heterocycles. The van der Waals surface area contributed by atoms with Crippen LogP contribution in [-0.2, 0) is 0 Å². The van der Waals surface area contributed by atoms with Crippen LogP contribution in [0.4, 0.5) is 8.78 Å². The van der Waals surface area contributed by atoms with Crippen LogP contribution in [-0.4, -0.2) is 12.1 Å². The number of methoxy groups -OCH3 is 1. The first kappa shape index (κ1) is 9.38. The molecule has 5 heteroatoms. The third-order valence-electron chi connectivity index (χ3n) is 1.29. The molecule has 1 aromatic heterocycles. The van der Waals surface area contributed by atoms with Crippen LogP contribution in [0.15, 0.2) is 16.7 Å². The summed E-state index contributed by atoms with van der Waals surface area (Å²) in [5, 5.41) is 0. The van der Waals surface area contributed by atoms with Crippen molar-refractivity contribution in [1.82, 2.24) is 4.98 Å². The van der Waals surface area contributed by atoms with E-state index in [4.69, 9.17) is 4.74 Å². The zero-order valence-electron chi connectivity index (χ0n) is 6.22. The number of ether oxygens (including phenoxy) is 1. The molecule has 0 saturated heterocycles. The number of hydrogen-bond acceptors (Lipinski definition) is 2. The fourth-order valence-electron chi connectivity index (χ4n) is 0.797. The van der Waals surface area contributed by atoms with E-state index < -0.39 is 6.43 Å². The molecule has 0 fully saturated rings. The summed E-state index contributed by atoms with van der Waals surface area (Å²) >= 11 is 3.08. The first-order valence-corrected chi connectivity index (χ1v) is 3.92. The maximum atomic E-state index is 12.2. The lowest BCUT2D eigenvalue weighted by Gasteiger charge is -2.07. The molecular weight excluding hydrogens is 232 g/mol. The molecule has 0 aliphatic heterocycles. The quantitative estimate of drug-likeness (QED) is 0.790. The van der Waals surface area contributed by atoms with Crippen molar-refractivity contribution in [3.63, 3.8) is 0 Å². The first-order chi connectivity index (χ1) is 5.66. The Balaban J connectivity index is 3.18. The molecule has 1 aromatic rings. The number of halogens is 3. The lowest BCUT2D eigenvalue weighted by molar-refractivity contribution is 0.141. The number of rotatable bonds is 2. The molecular formula is C7H6BrF2NO. The summed E-state index contributed by atoms with van der Waals surface area (Å²) < 4.78 is 29.7. The van der Waals surface area contributed by atoms with Crippen molar-refractivity contribution in [2.45, 2.75) is 6.43 Å². The van der Waals surface area contributed by atoms with E-state index >= 15 is 0 Å². The van der Waals surface area contributed by atoms with Crippen LogP contribution in [0.1, 0.15) is 12.1 Å². The van der Waals surface area contributed by atoms with Crippen LogP contribution in [0.25, 0.3) is 0 Å². The predicted octanol–water partition coefficient (Wildman–Crippen LogP) is 2.79. The number of alkyl halides is 2. The van der Waals surface area contributed by atoms with Gasteiger partial charge in [0, 0.05) is 6.20 Å². The molecule has 0 spiro atoms. The van der Waals surface area contributed by atoms with Gasteiger partial charge < -0.3 is 4.74 Å². The molecule has 2 nitrogen and oxygen atoms in total. The molecule has 0 aliphatic rings. The summed E-state index contributed by atoms with van der Waals surface area (Å²) in [6.07, 6.45) is -1.31. The highest BCUT2D eigenvalue weighted by Crippen LogP contribution is 2.32. The zero-order valence-corrected chi connectivity index (χ0v) is 7.81. The van der Waals surface area contributed by atoms with Gasteiger partial charge in [-0.3, -0.25) is 4.98 Å². The molecule has 0 aliphatic carbocycles. The Morgan fingerprint density at radius 2 is 2.25 bits per heavy atom. The maximum absolute atomic E-state index is 12.2. The van der Waals surface area contributed by atoms with Gasteiger partial charge in [-0.2, -0.15) is 0 Å². The number of nitrogens with zero attached hydrogens (tertiary/aromatic N) is 1. The minimum absolute atomic E-state index is 0.0903. The molecule has 0 atom stereocenters. The third kappa shape index (κ3) is 1.72. The van der Waals surface area contributed by atoms with Gasteiger partial charge in [0.05, 0.1) is 11.6 Å². The number of aromatic nitrogens is 1. The lowest BCUT2D eigenvalue weighted by Crippen LogP contribution is -1.96. The van der Waals surface area contributed by atoms with Crippen LogP contribution < -0.4 is 4.74 Å². The van der Waals surface area contributed by atoms with Gasteiger partial charge in [-0.05, 0) is 22.0 Å². The normalized spacial score (nSPS) is 10.4. The minimum atomic E-state index is -2.61. The first-order valence-electron chi connectivity index (χ1n) is 3.13. The highest BCUT2D eigenvalue weighted by atomic mass is 79.9. The summed E-state index contributed by atoms with van der Waals surface area (Å²) in [6.45, 7) is 0. The molecule has 0 unspecified atom stereocenters. The Hall–Kier alpha value is -0.710. The highest BCUT2D eigenvalue weighted by molar-refractivity contribution is 9.10. The zero-order chi connectivity index (χ0) is 9.14. The van der Waals surface area contributed by atoms with Crippen molar-refractivity contribution in [3.05, 3.63) is 22.4 Å². The van der Waals surface area contributed by atoms with Crippen LogP contribution in [0.5, 0.6) is 5.75 Å². The highest BCUT2D eigenvalue weighted by Gasteiger charge is 2.17. The molecule has 66 valence electrons. The Labute approximate surface area is 76.7 Å². The Kier molecular flexibility index (Phi) is 2.97. The van der Waals surface area contributed by atoms with Gasteiger partial charge in [-0.1, -0.05) is 0 Å². The molecule has 0 radical (unpaired) electrons. The van der Waals surface area contributed by atoms with E-state index in [9.17, 15) is 8.78 Å². The summed E-state index contributed by atoms with van der Waals surface area (Å²) in [4.78, 5) is 3.50. The summed E-state index contributed by atoms with van der Waals surface area (Å²) in [5.74, 6) is 0.0903. The standard InChI is InChI=1S/C7H6BrF2NO/c1-12-6-4(8)2-3-11-5(6)7(9)10/h2-3,7H,1H3. The van der Waals surface area contributed by atoms with Crippen LogP contribution in [0, 0.1) is 0 Å². The Bertz CT molecular complexity index is 280. The van der Waals surface area contributed by atoms with Gasteiger partial charge in [0.2, 0.25) is 0 Å². The third-order valence-corrected chi connectivity index (χ3v) is 1.92. The molecule has 0 bridgehead atoms. The molecule has 1 rings (SSSR count). The molecule has 0 aromatic carbocycles. The minimum Gasteiger partial charge on any atom is -0.493 e. The van der Waals surface area contributed by atoms with Gasteiger partial charge in [0.1, 0.15) is 5.69 Å². The Morgan fingerprint density at radius 1 is 1.58 bits per heavy atom. The number of pyridine rings is 1. The van der Waals surface area contributed by atoms with Gasteiger partial charge in [0.15, 0.2) is 5.75 Å². The average molecular weight is 238 g/mol. The van der Waals surface area contributed by atoms with E-state index in [0.29, 0.717) is 4.47 Å². The lowest BCUT2D eigenvalue weighted by atomic mass is 10.3. The van der Waals surface area contributed by atoms with Crippen LogP contribution in [0.3, 0.4) is 0 Å². The van der Waals surface area contributed by atoms with Crippen molar-refractivity contribution in [3.8, 4) is 5.75 Å². The van der Waals surface area contributed by atoms with Gasteiger partial charge in [-0.25, -0.2) is 8.78 Å². The molecule has 12 heavy (non-hydrogen) atoms. The fraction of sp³-hybridized carbons (Fsp3) is 0.286. The predicted molar refractivity (Wildman–Crippen MR) is 43.4 cm³/mol. The second-order valence-corrected chi connectivity index (χ2v) is 2.87. The van der Waals surface area contributed by atoms with E-state index in [1.807, 2.05) is 0 Å².